The van der Waals surface area contributed by atoms with Crippen LogP contribution in [0.3, 0.4) is 0 Å². The van der Waals surface area contributed by atoms with Crippen molar-refractivity contribution in [2.75, 3.05) is 20.2 Å². The van der Waals surface area contributed by atoms with E-state index in [2.05, 4.69) is 18.9 Å². The second kappa shape index (κ2) is 6.10. The molecule has 1 fully saturated rings. The Bertz CT molecular complexity index is 391. The molecular weight excluding hydrogens is 238 g/mol. The van der Waals surface area contributed by atoms with E-state index >= 15 is 0 Å². The van der Waals surface area contributed by atoms with Gasteiger partial charge in [-0.05, 0) is 38.8 Å². The van der Waals surface area contributed by atoms with Gasteiger partial charge in [0.25, 0.3) is 0 Å². The number of aliphatic hydroxyl groups excluding tert-OH is 1. The number of aryl methyl sites for hydroxylation is 1. The standard InChI is InChI=1S/C16H27NO2/c1-13-4-7-16(12-18,8-5-13)11-17(3)10-15-6-9-19-14(15)2/h6,9,13,18H,4-5,7-8,10-12H2,1-3H3. The van der Waals surface area contributed by atoms with Crippen molar-refractivity contribution in [2.45, 2.75) is 46.1 Å². The Morgan fingerprint density at radius 2 is 2.11 bits per heavy atom. The predicted molar refractivity (Wildman–Crippen MR) is 76.9 cm³/mol. The summed E-state index contributed by atoms with van der Waals surface area (Å²) in [5.74, 6) is 1.82. The van der Waals surface area contributed by atoms with Crippen LogP contribution in [0.25, 0.3) is 0 Å². The lowest BCUT2D eigenvalue weighted by molar-refractivity contribution is 0.0345. The van der Waals surface area contributed by atoms with Gasteiger partial charge in [-0.15, -0.1) is 0 Å². The van der Waals surface area contributed by atoms with Crippen molar-refractivity contribution >= 4 is 0 Å². The highest BCUT2D eigenvalue weighted by atomic mass is 16.3. The summed E-state index contributed by atoms with van der Waals surface area (Å²) in [6.07, 6.45) is 6.56. The first kappa shape index (κ1) is 14.6. The Kier molecular flexibility index (Phi) is 4.69. The molecule has 0 aromatic carbocycles. The van der Waals surface area contributed by atoms with Crippen LogP contribution in [0.1, 0.15) is 43.9 Å². The van der Waals surface area contributed by atoms with Gasteiger partial charge in [0.1, 0.15) is 5.76 Å². The third kappa shape index (κ3) is 3.61. The minimum atomic E-state index is 0.110. The van der Waals surface area contributed by atoms with Crippen molar-refractivity contribution in [2.24, 2.45) is 11.3 Å². The van der Waals surface area contributed by atoms with Crippen LogP contribution in [0.5, 0.6) is 0 Å². The van der Waals surface area contributed by atoms with Gasteiger partial charge in [-0.3, -0.25) is 0 Å². The van der Waals surface area contributed by atoms with Crippen molar-refractivity contribution in [1.29, 1.82) is 0 Å². The molecule has 108 valence electrons. The zero-order chi connectivity index (χ0) is 13.9. The fourth-order valence-electron chi connectivity index (χ4n) is 3.24. The normalized spacial score (nSPS) is 27.9. The number of furan rings is 1. The van der Waals surface area contributed by atoms with Crippen LogP contribution in [-0.4, -0.2) is 30.2 Å². The summed E-state index contributed by atoms with van der Waals surface area (Å²) in [7, 11) is 2.14. The van der Waals surface area contributed by atoms with Crippen molar-refractivity contribution in [3.63, 3.8) is 0 Å². The summed E-state index contributed by atoms with van der Waals surface area (Å²) < 4.78 is 5.34. The maximum absolute atomic E-state index is 9.81. The first-order valence-corrected chi connectivity index (χ1v) is 7.37. The molecule has 1 aromatic rings. The minimum Gasteiger partial charge on any atom is -0.469 e. The molecule has 0 saturated heterocycles. The first-order valence-electron chi connectivity index (χ1n) is 7.37. The molecule has 0 amide bonds. The van der Waals surface area contributed by atoms with Crippen molar-refractivity contribution < 1.29 is 9.52 Å². The second-order valence-electron chi connectivity index (χ2n) is 6.51. The Hall–Kier alpha value is -0.800. The van der Waals surface area contributed by atoms with Gasteiger partial charge in [0.2, 0.25) is 0 Å². The Morgan fingerprint density at radius 3 is 2.63 bits per heavy atom. The van der Waals surface area contributed by atoms with Crippen LogP contribution in [0, 0.1) is 18.3 Å². The van der Waals surface area contributed by atoms with E-state index in [0.717, 1.165) is 37.6 Å². The summed E-state index contributed by atoms with van der Waals surface area (Å²) in [4.78, 5) is 2.32. The van der Waals surface area contributed by atoms with E-state index in [1.54, 1.807) is 6.26 Å². The number of hydrogen-bond acceptors (Lipinski definition) is 3. The SMILES string of the molecule is Cc1occc1CN(C)CC1(CO)CCC(C)CC1. The van der Waals surface area contributed by atoms with Gasteiger partial charge in [0, 0.05) is 30.7 Å². The molecule has 3 heteroatoms. The molecule has 0 bridgehead atoms. The monoisotopic (exact) mass is 265 g/mol. The molecule has 1 heterocycles. The number of nitrogens with zero attached hydrogens (tertiary/aromatic N) is 1. The smallest absolute Gasteiger partial charge is 0.105 e. The summed E-state index contributed by atoms with van der Waals surface area (Å²) in [6.45, 7) is 6.52. The molecule has 0 atom stereocenters. The molecule has 1 aliphatic carbocycles. The second-order valence-corrected chi connectivity index (χ2v) is 6.51. The molecule has 1 aromatic heterocycles. The van der Waals surface area contributed by atoms with E-state index in [1.807, 2.05) is 13.0 Å². The van der Waals surface area contributed by atoms with Gasteiger partial charge in [-0.25, -0.2) is 0 Å². The lowest BCUT2D eigenvalue weighted by atomic mass is 9.71. The van der Waals surface area contributed by atoms with Crippen LogP contribution >= 0.6 is 0 Å². The van der Waals surface area contributed by atoms with E-state index < -0.39 is 0 Å². The maximum atomic E-state index is 9.81. The number of hydrogen-bond donors (Lipinski definition) is 1. The van der Waals surface area contributed by atoms with Gasteiger partial charge in [-0.1, -0.05) is 19.8 Å². The van der Waals surface area contributed by atoms with Crippen molar-refractivity contribution in [3.8, 4) is 0 Å². The number of aliphatic hydroxyl groups is 1. The molecule has 0 unspecified atom stereocenters. The van der Waals surface area contributed by atoms with Crippen molar-refractivity contribution in [1.82, 2.24) is 4.90 Å². The van der Waals surface area contributed by atoms with Crippen LogP contribution < -0.4 is 0 Å². The van der Waals surface area contributed by atoms with E-state index in [-0.39, 0.29) is 5.41 Å². The predicted octanol–water partition coefficient (Wildman–Crippen LogP) is 3.21. The molecule has 3 nitrogen and oxygen atoms in total. The molecule has 2 rings (SSSR count). The highest BCUT2D eigenvalue weighted by Crippen LogP contribution is 2.39. The maximum Gasteiger partial charge on any atom is 0.105 e. The van der Waals surface area contributed by atoms with Gasteiger partial charge in [0.05, 0.1) is 6.26 Å². The van der Waals surface area contributed by atoms with E-state index in [4.69, 9.17) is 4.42 Å². The van der Waals surface area contributed by atoms with Crippen molar-refractivity contribution in [3.05, 3.63) is 23.7 Å². The molecule has 19 heavy (non-hydrogen) atoms. The molecule has 0 radical (unpaired) electrons. The Balaban J connectivity index is 1.93. The van der Waals surface area contributed by atoms with Gasteiger partial charge in [-0.2, -0.15) is 0 Å². The molecule has 1 aliphatic rings. The van der Waals surface area contributed by atoms with Gasteiger partial charge >= 0.3 is 0 Å². The Labute approximate surface area is 116 Å². The third-order valence-electron chi connectivity index (χ3n) is 4.68. The molecule has 1 saturated carbocycles. The van der Waals surface area contributed by atoms with Gasteiger partial charge in [0.15, 0.2) is 0 Å². The highest BCUT2D eigenvalue weighted by molar-refractivity contribution is 5.15. The van der Waals surface area contributed by atoms with Crippen LogP contribution in [0.4, 0.5) is 0 Å². The van der Waals surface area contributed by atoms with Crippen LogP contribution in [0.15, 0.2) is 16.7 Å². The fourth-order valence-corrected chi connectivity index (χ4v) is 3.24. The zero-order valence-electron chi connectivity index (χ0n) is 12.5. The third-order valence-corrected chi connectivity index (χ3v) is 4.68. The summed E-state index contributed by atoms with van der Waals surface area (Å²) in [6, 6.07) is 2.04. The lowest BCUT2D eigenvalue weighted by Gasteiger charge is -2.40. The van der Waals surface area contributed by atoms with Crippen LogP contribution in [-0.2, 0) is 6.54 Å². The summed E-state index contributed by atoms with van der Waals surface area (Å²) in [5, 5.41) is 9.81. The summed E-state index contributed by atoms with van der Waals surface area (Å²) in [5.41, 5.74) is 1.36. The minimum absolute atomic E-state index is 0.110. The quantitative estimate of drug-likeness (QED) is 0.888. The largest absolute Gasteiger partial charge is 0.469 e. The fraction of sp³-hybridized carbons (Fsp3) is 0.750. The molecule has 0 aliphatic heterocycles. The van der Waals surface area contributed by atoms with E-state index in [1.165, 1.54) is 18.4 Å². The summed E-state index contributed by atoms with van der Waals surface area (Å²) >= 11 is 0. The topological polar surface area (TPSA) is 36.6 Å². The molecule has 1 N–H and O–H groups in total. The van der Waals surface area contributed by atoms with Crippen LogP contribution in [0.2, 0.25) is 0 Å². The Morgan fingerprint density at radius 1 is 1.42 bits per heavy atom. The van der Waals surface area contributed by atoms with Gasteiger partial charge < -0.3 is 14.4 Å². The molecule has 0 spiro atoms. The average Bonchev–Trinajstić information content (AvgIpc) is 2.78. The highest BCUT2D eigenvalue weighted by Gasteiger charge is 2.34. The first-order chi connectivity index (χ1) is 9.04. The van der Waals surface area contributed by atoms with E-state index in [0.29, 0.717) is 6.61 Å². The van der Waals surface area contributed by atoms with E-state index in [9.17, 15) is 5.11 Å². The lowest BCUT2D eigenvalue weighted by Crippen LogP contribution is -2.40. The molecular formula is C16H27NO2. The zero-order valence-corrected chi connectivity index (χ0v) is 12.5. The average molecular weight is 265 g/mol. The number of rotatable bonds is 5.